The number of nitrogens with one attached hydrogen (secondary N) is 2. The van der Waals surface area contributed by atoms with Crippen LogP contribution >= 0.6 is 0 Å². The molecular weight excluding hydrogens is 232 g/mol. The second-order valence-electron chi connectivity index (χ2n) is 4.65. The molecule has 2 N–H and O–H groups in total. The van der Waals surface area contributed by atoms with Gasteiger partial charge in [-0.3, -0.25) is 0 Å². The van der Waals surface area contributed by atoms with Crippen LogP contribution in [0.1, 0.15) is 26.2 Å². The summed E-state index contributed by atoms with van der Waals surface area (Å²) in [6.07, 6.45) is 7.06. The summed E-state index contributed by atoms with van der Waals surface area (Å²) in [7, 11) is 1.36. The summed E-state index contributed by atoms with van der Waals surface area (Å²) in [4.78, 5) is 23.4. The fourth-order valence-corrected chi connectivity index (χ4v) is 2.58. The number of carbonyl (C=O) groups excluding carboxylic acids is 2. The predicted octanol–water partition coefficient (Wildman–Crippen LogP) is 1.47. The zero-order valence-corrected chi connectivity index (χ0v) is 10.7. The molecule has 0 saturated carbocycles. The van der Waals surface area contributed by atoms with E-state index in [0.717, 1.165) is 19.3 Å². The lowest BCUT2D eigenvalue weighted by atomic mass is 9.82. The molecule has 1 aliphatic heterocycles. The highest BCUT2D eigenvalue weighted by Crippen LogP contribution is 2.28. The Balaban J connectivity index is 2.29. The predicted molar refractivity (Wildman–Crippen MR) is 66.7 cm³/mol. The zero-order chi connectivity index (χ0) is 13.1. The van der Waals surface area contributed by atoms with Crippen LogP contribution in [-0.2, 0) is 9.53 Å². The lowest BCUT2D eigenvalue weighted by molar-refractivity contribution is -0.136. The molecule has 98 valence electrons. The van der Waals surface area contributed by atoms with E-state index in [2.05, 4.69) is 22.8 Å². The summed E-state index contributed by atoms with van der Waals surface area (Å²) in [5.41, 5.74) is 1.13. The second kappa shape index (κ2) is 5.25. The Morgan fingerprint density at radius 1 is 1.44 bits per heavy atom. The van der Waals surface area contributed by atoms with Gasteiger partial charge >= 0.3 is 12.0 Å². The third-order valence-electron chi connectivity index (χ3n) is 3.49. The van der Waals surface area contributed by atoms with Crippen LogP contribution in [-0.4, -0.2) is 25.2 Å². The molecule has 2 atom stereocenters. The summed E-state index contributed by atoms with van der Waals surface area (Å²) >= 11 is 0. The van der Waals surface area contributed by atoms with Crippen molar-refractivity contribution in [2.24, 2.45) is 5.92 Å². The van der Waals surface area contributed by atoms with E-state index in [4.69, 9.17) is 4.74 Å². The Labute approximate surface area is 106 Å². The maximum atomic E-state index is 11.8. The third kappa shape index (κ3) is 2.39. The van der Waals surface area contributed by atoms with Crippen molar-refractivity contribution >= 4 is 12.0 Å². The average Bonchev–Trinajstić information content (AvgIpc) is 2.38. The number of urea groups is 1. The molecule has 0 unspecified atom stereocenters. The quantitative estimate of drug-likeness (QED) is 0.576. The fourth-order valence-electron chi connectivity index (χ4n) is 2.58. The molecule has 0 fully saturated rings. The number of carbonyl (C=O) groups is 2. The van der Waals surface area contributed by atoms with Crippen molar-refractivity contribution < 1.29 is 14.3 Å². The normalized spacial score (nSPS) is 27.6. The molecule has 0 radical (unpaired) electrons. The number of esters is 1. The van der Waals surface area contributed by atoms with Crippen LogP contribution in [0.15, 0.2) is 23.4 Å². The van der Waals surface area contributed by atoms with Crippen LogP contribution in [0.3, 0.4) is 0 Å². The van der Waals surface area contributed by atoms with Crippen LogP contribution < -0.4 is 10.6 Å². The number of methoxy groups -OCH3 is 1. The minimum Gasteiger partial charge on any atom is -0.466 e. The smallest absolute Gasteiger partial charge is 0.337 e. The standard InChI is InChI=1S/C13H18N2O3/c1-8-10(12(16)18-2)11(15-13(17)14-8)9-6-4-3-5-7-9/h3-4,9,11H,5-7H2,1-2H3,(H2,14,15,17)/t9-,11+/m1/s1. The molecule has 5 heteroatoms. The van der Waals surface area contributed by atoms with Crippen LogP contribution in [0.2, 0.25) is 0 Å². The van der Waals surface area contributed by atoms with Crippen LogP contribution in [0.25, 0.3) is 0 Å². The highest BCUT2D eigenvalue weighted by atomic mass is 16.5. The Bertz CT molecular complexity index is 426. The maximum absolute atomic E-state index is 11.8. The van der Waals surface area contributed by atoms with Gasteiger partial charge < -0.3 is 15.4 Å². The van der Waals surface area contributed by atoms with E-state index in [1.807, 2.05) is 0 Å². The first-order valence-electron chi connectivity index (χ1n) is 6.15. The van der Waals surface area contributed by atoms with E-state index < -0.39 is 0 Å². The molecule has 2 amide bonds. The van der Waals surface area contributed by atoms with Crippen molar-refractivity contribution in [3.8, 4) is 0 Å². The first kappa shape index (κ1) is 12.7. The largest absolute Gasteiger partial charge is 0.466 e. The van der Waals surface area contributed by atoms with Crippen LogP contribution in [0.5, 0.6) is 0 Å². The van der Waals surface area contributed by atoms with Gasteiger partial charge in [-0.15, -0.1) is 0 Å². The maximum Gasteiger partial charge on any atom is 0.337 e. The summed E-state index contributed by atoms with van der Waals surface area (Å²) < 4.78 is 4.81. The number of hydrogen-bond donors (Lipinski definition) is 2. The first-order valence-corrected chi connectivity index (χ1v) is 6.15. The molecular formula is C13H18N2O3. The SMILES string of the molecule is COC(=O)C1=C(C)NC(=O)N[C@H]1[C@@H]1CC=CCC1. The topological polar surface area (TPSA) is 67.4 Å². The second-order valence-corrected chi connectivity index (χ2v) is 4.65. The highest BCUT2D eigenvalue weighted by molar-refractivity contribution is 5.94. The monoisotopic (exact) mass is 250 g/mol. The van der Waals surface area contributed by atoms with E-state index in [1.54, 1.807) is 6.92 Å². The van der Waals surface area contributed by atoms with Gasteiger partial charge in [0.05, 0.1) is 18.7 Å². The van der Waals surface area contributed by atoms with Gasteiger partial charge in [0.25, 0.3) is 0 Å². The van der Waals surface area contributed by atoms with Gasteiger partial charge in [-0.2, -0.15) is 0 Å². The Kier molecular flexibility index (Phi) is 3.69. The minimum atomic E-state index is -0.375. The number of rotatable bonds is 2. The first-order chi connectivity index (χ1) is 8.63. The number of ether oxygens (including phenoxy) is 1. The van der Waals surface area contributed by atoms with Gasteiger partial charge in [0, 0.05) is 5.70 Å². The molecule has 0 aromatic rings. The van der Waals surface area contributed by atoms with Gasteiger partial charge in [-0.1, -0.05) is 12.2 Å². The van der Waals surface area contributed by atoms with Gasteiger partial charge in [-0.05, 0) is 32.1 Å². The van der Waals surface area contributed by atoms with Crippen molar-refractivity contribution in [2.75, 3.05) is 7.11 Å². The summed E-state index contributed by atoms with van der Waals surface area (Å²) in [5, 5.41) is 5.46. The molecule has 0 aromatic carbocycles. The molecule has 0 aromatic heterocycles. The van der Waals surface area contributed by atoms with Gasteiger partial charge in [0.2, 0.25) is 0 Å². The van der Waals surface area contributed by atoms with E-state index in [-0.39, 0.29) is 24.0 Å². The molecule has 5 nitrogen and oxygen atoms in total. The average molecular weight is 250 g/mol. The van der Waals surface area contributed by atoms with Gasteiger partial charge in [-0.25, -0.2) is 9.59 Å². The van der Waals surface area contributed by atoms with E-state index in [9.17, 15) is 9.59 Å². The summed E-state index contributed by atoms with van der Waals surface area (Å²) in [6, 6.07) is -0.504. The Morgan fingerprint density at radius 3 is 2.83 bits per heavy atom. The Hall–Kier alpha value is -1.78. The third-order valence-corrected chi connectivity index (χ3v) is 3.49. The minimum absolute atomic E-state index is 0.250. The molecule has 18 heavy (non-hydrogen) atoms. The van der Waals surface area contributed by atoms with Crippen molar-refractivity contribution in [3.63, 3.8) is 0 Å². The van der Waals surface area contributed by atoms with Gasteiger partial charge in [0.15, 0.2) is 0 Å². The highest BCUT2D eigenvalue weighted by Gasteiger charge is 2.35. The van der Waals surface area contributed by atoms with Crippen molar-refractivity contribution in [1.29, 1.82) is 0 Å². The van der Waals surface area contributed by atoms with Crippen molar-refractivity contribution in [2.45, 2.75) is 32.2 Å². The van der Waals surface area contributed by atoms with E-state index >= 15 is 0 Å². The molecule has 1 aliphatic carbocycles. The molecule has 2 aliphatic rings. The Morgan fingerprint density at radius 2 is 2.22 bits per heavy atom. The lowest BCUT2D eigenvalue weighted by Gasteiger charge is -2.34. The van der Waals surface area contributed by atoms with Crippen molar-refractivity contribution in [1.82, 2.24) is 10.6 Å². The summed E-state index contributed by atoms with van der Waals surface area (Å²) in [5.74, 6) is -0.121. The van der Waals surface area contributed by atoms with E-state index in [1.165, 1.54) is 7.11 Å². The molecule has 2 rings (SSSR count). The summed E-state index contributed by atoms with van der Waals surface area (Å²) in [6.45, 7) is 1.73. The van der Waals surface area contributed by atoms with Gasteiger partial charge in [0.1, 0.15) is 0 Å². The molecule has 0 saturated heterocycles. The van der Waals surface area contributed by atoms with E-state index in [0.29, 0.717) is 11.3 Å². The molecule has 1 heterocycles. The molecule has 0 bridgehead atoms. The van der Waals surface area contributed by atoms with Crippen LogP contribution in [0.4, 0.5) is 4.79 Å². The number of amides is 2. The number of allylic oxidation sites excluding steroid dienone is 3. The number of hydrogen-bond acceptors (Lipinski definition) is 3. The molecule has 0 spiro atoms. The zero-order valence-electron chi connectivity index (χ0n) is 10.7. The fraction of sp³-hybridized carbons (Fsp3) is 0.538. The van der Waals surface area contributed by atoms with Crippen molar-refractivity contribution in [3.05, 3.63) is 23.4 Å². The van der Waals surface area contributed by atoms with Crippen LogP contribution in [0, 0.1) is 5.92 Å². The lowest BCUT2D eigenvalue weighted by Crippen LogP contribution is -2.53.